The van der Waals surface area contributed by atoms with Crippen molar-refractivity contribution < 1.29 is 14.7 Å². The van der Waals surface area contributed by atoms with Crippen LogP contribution < -0.4 is 10.6 Å². The van der Waals surface area contributed by atoms with Gasteiger partial charge in [-0.15, -0.1) is 0 Å². The van der Waals surface area contributed by atoms with Crippen LogP contribution in [0.2, 0.25) is 0 Å². The largest absolute Gasteiger partial charge is 0.478 e. The molecule has 0 spiro atoms. The van der Waals surface area contributed by atoms with Crippen molar-refractivity contribution in [2.45, 2.75) is 25.8 Å². The lowest BCUT2D eigenvalue weighted by molar-refractivity contribution is -0.117. The standard InChI is InChI=1S/C13H16N2O3/c1-8-4-5-9(7-10(8)13(17)18)15-12(16)11-3-2-6-14-11/h4-5,7,11,14H,2-3,6H2,1H3,(H,15,16)(H,17,18). The molecule has 0 bridgehead atoms. The first-order valence-corrected chi connectivity index (χ1v) is 5.96. The second-order valence-corrected chi connectivity index (χ2v) is 4.47. The number of hydrogen-bond donors (Lipinski definition) is 3. The van der Waals surface area contributed by atoms with E-state index in [9.17, 15) is 9.59 Å². The first kappa shape index (κ1) is 12.6. The third kappa shape index (κ3) is 2.68. The number of benzene rings is 1. The second-order valence-electron chi connectivity index (χ2n) is 4.47. The van der Waals surface area contributed by atoms with Crippen molar-refractivity contribution in [3.63, 3.8) is 0 Å². The monoisotopic (exact) mass is 248 g/mol. The topological polar surface area (TPSA) is 78.4 Å². The predicted molar refractivity (Wildman–Crippen MR) is 67.8 cm³/mol. The zero-order valence-corrected chi connectivity index (χ0v) is 10.2. The summed E-state index contributed by atoms with van der Waals surface area (Å²) in [6, 6.07) is 4.74. The van der Waals surface area contributed by atoms with Gasteiger partial charge in [0.1, 0.15) is 0 Å². The SMILES string of the molecule is Cc1ccc(NC(=O)C2CCCN2)cc1C(=O)O. The number of aromatic carboxylic acids is 1. The number of rotatable bonds is 3. The highest BCUT2D eigenvalue weighted by molar-refractivity contribution is 5.97. The molecule has 0 aliphatic carbocycles. The molecule has 1 heterocycles. The Morgan fingerprint density at radius 1 is 1.44 bits per heavy atom. The summed E-state index contributed by atoms with van der Waals surface area (Å²) in [5.74, 6) is -1.09. The van der Waals surface area contributed by atoms with E-state index in [2.05, 4.69) is 10.6 Å². The van der Waals surface area contributed by atoms with Gasteiger partial charge in [-0.3, -0.25) is 4.79 Å². The van der Waals surface area contributed by atoms with Gasteiger partial charge in [-0.25, -0.2) is 4.79 Å². The molecule has 96 valence electrons. The lowest BCUT2D eigenvalue weighted by Crippen LogP contribution is -2.35. The van der Waals surface area contributed by atoms with Crippen molar-refractivity contribution in [2.75, 3.05) is 11.9 Å². The molecule has 0 aromatic heterocycles. The van der Waals surface area contributed by atoms with E-state index in [1.165, 1.54) is 6.07 Å². The molecular weight excluding hydrogens is 232 g/mol. The molecule has 1 atom stereocenters. The van der Waals surface area contributed by atoms with E-state index in [0.29, 0.717) is 11.3 Å². The highest BCUT2D eigenvalue weighted by atomic mass is 16.4. The van der Waals surface area contributed by atoms with Crippen LogP contribution >= 0.6 is 0 Å². The van der Waals surface area contributed by atoms with Crippen molar-refractivity contribution in [1.82, 2.24) is 5.32 Å². The van der Waals surface area contributed by atoms with Gasteiger partial charge in [-0.2, -0.15) is 0 Å². The first-order valence-electron chi connectivity index (χ1n) is 5.96. The molecule has 1 aromatic carbocycles. The van der Waals surface area contributed by atoms with Crippen LogP contribution in [0.3, 0.4) is 0 Å². The Morgan fingerprint density at radius 3 is 2.83 bits per heavy atom. The van der Waals surface area contributed by atoms with E-state index < -0.39 is 5.97 Å². The minimum Gasteiger partial charge on any atom is -0.478 e. The molecule has 3 N–H and O–H groups in total. The summed E-state index contributed by atoms with van der Waals surface area (Å²) in [5.41, 5.74) is 1.42. The highest BCUT2D eigenvalue weighted by Gasteiger charge is 2.22. The van der Waals surface area contributed by atoms with Crippen molar-refractivity contribution in [3.05, 3.63) is 29.3 Å². The molecule has 2 rings (SSSR count). The molecule has 1 fully saturated rings. The van der Waals surface area contributed by atoms with Gasteiger partial charge in [-0.05, 0) is 44.0 Å². The number of carboxylic acids is 1. The molecule has 5 nitrogen and oxygen atoms in total. The van der Waals surface area contributed by atoms with Crippen LogP contribution in [0.1, 0.15) is 28.8 Å². The molecule has 1 amide bonds. The van der Waals surface area contributed by atoms with E-state index in [0.717, 1.165) is 19.4 Å². The summed E-state index contributed by atoms with van der Waals surface area (Å²) in [7, 11) is 0. The number of aryl methyl sites for hydroxylation is 1. The van der Waals surface area contributed by atoms with Crippen LogP contribution in [0.15, 0.2) is 18.2 Å². The van der Waals surface area contributed by atoms with Gasteiger partial charge in [0.2, 0.25) is 5.91 Å². The average Bonchev–Trinajstić information content (AvgIpc) is 2.85. The fourth-order valence-electron chi connectivity index (χ4n) is 2.07. The maximum atomic E-state index is 11.9. The van der Waals surface area contributed by atoms with Crippen LogP contribution in [-0.4, -0.2) is 29.6 Å². The Balaban J connectivity index is 2.11. The van der Waals surface area contributed by atoms with Gasteiger partial charge < -0.3 is 15.7 Å². The molecule has 1 aliphatic rings. The number of anilines is 1. The van der Waals surface area contributed by atoms with Crippen LogP contribution in [-0.2, 0) is 4.79 Å². The Morgan fingerprint density at radius 2 is 2.22 bits per heavy atom. The fourth-order valence-corrected chi connectivity index (χ4v) is 2.07. The number of hydrogen-bond acceptors (Lipinski definition) is 3. The van der Waals surface area contributed by atoms with E-state index in [1.807, 2.05) is 0 Å². The summed E-state index contributed by atoms with van der Waals surface area (Å²) < 4.78 is 0. The van der Waals surface area contributed by atoms with Gasteiger partial charge in [0, 0.05) is 5.69 Å². The van der Waals surface area contributed by atoms with E-state index in [1.54, 1.807) is 19.1 Å². The quantitative estimate of drug-likeness (QED) is 0.755. The van der Waals surface area contributed by atoms with Crippen LogP contribution in [0.25, 0.3) is 0 Å². The maximum absolute atomic E-state index is 11.9. The number of amides is 1. The summed E-state index contributed by atoms with van der Waals surface area (Å²) in [6.45, 7) is 2.58. The minimum atomic E-state index is -0.984. The van der Waals surface area contributed by atoms with Gasteiger partial charge >= 0.3 is 5.97 Å². The molecule has 1 aliphatic heterocycles. The Bertz CT molecular complexity index is 479. The van der Waals surface area contributed by atoms with Crippen molar-refractivity contribution in [1.29, 1.82) is 0 Å². The molecular formula is C13H16N2O3. The zero-order chi connectivity index (χ0) is 13.1. The summed E-state index contributed by atoms with van der Waals surface area (Å²) in [6.07, 6.45) is 1.82. The van der Waals surface area contributed by atoms with Crippen LogP contribution in [0.4, 0.5) is 5.69 Å². The van der Waals surface area contributed by atoms with Crippen LogP contribution in [0, 0.1) is 6.92 Å². The van der Waals surface area contributed by atoms with Crippen molar-refractivity contribution in [3.8, 4) is 0 Å². The van der Waals surface area contributed by atoms with Gasteiger partial charge in [0.05, 0.1) is 11.6 Å². The van der Waals surface area contributed by atoms with Gasteiger partial charge in [0.25, 0.3) is 0 Å². The summed E-state index contributed by atoms with van der Waals surface area (Å²) >= 11 is 0. The predicted octanol–water partition coefficient (Wildman–Crippen LogP) is 1.38. The smallest absolute Gasteiger partial charge is 0.336 e. The first-order chi connectivity index (χ1) is 8.58. The van der Waals surface area contributed by atoms with E-state index in [-0.39, 0.29) is 17.5 Å². The lowest BCUT2D eigenvalue weighted by Gasteiger charge is -2.12. The average molecular weight is 248 g/mol. The zero-order valence-electron chi connectivity index (χ0n) is 10.2. The van der Waals surface area contributed by atoms with E-state index >= 15 is 0 Å². The molecule has 5 heteroatoms. The van der Waals surface area contributed by atoms with Crippen LogP contribution in [0.5, 0.6) is 0 Å². The molecule has 0 radical (unpaired) electrons. The molecule has 18 heavy (non-hydrogen) atoms. The number of carbonyl (C=O) groups is 2. The van der Waals surface area contributed by atoms with Crippen molar-refractivity contribution in [2.24, 2.45) is 0 Å². The minimum absolute atomic E-state index is 0.104. The summed E-state index contributed by atoms with van der Waals surface area (Å²) in [4.78, 5) is 22.9. The van der Waals surface area contributed by atoms with Gasteiger partial charge in [0.15, 0.2) is 0 Å². The molecule has 0 saturated carbocycles. The van der Waals surface area contributed by atoms with Gasteiger partial charge in [-0.1, -0.05) is 6.07 Å². The van der Waals surface area contributed by atoms with E-state index in [4.69, 9.17) is 5.11 Å². The highest BCUT2D eigenvalue weighted by Crippen LogP contribution is 2.16. The molecule has 1 unspecified atom stereocenters. The van der Waals surface area contributed by atoms with Crippen molar-refractivity contribution >= 4 is 17.6 Å². The molecule has 1 aromatic rings. The second kappa shape index (κ2) is 5.18. The Labute approximate surface area is 105 Å². The fraction of sp³-hybridized carbons (Fsp3) is 0.385. The third-order valence-corrected chi connectivity index (χ3v) is 3.11. The molecule has 1 saturated heterocycles. The number of carbonyl (C=O) groups excluding carboxylic acids is 1. The Hall–Kier alpha value is -1.88. The Kier molecular flexibility index (Phi) is 3.62. The number of nitrogens with one attached hydrogen (secondary N) is 2. The maximum Gasteiger partial charge on any atom is 0.336 e. The summed E-state index contributed by atoms with van der Waals surface area (Å²) in [5, 5.41) is 14.8. The number of carboxylic acid groups (broad SMARTS) is 1. The third-order valence-electron chi connectivity index (χ3n) is 3.11. The normalized spacial score (nSPS) is 18.6. The lowest BCUT2D eigenvalue weighted by atomic mass is 10.1.